The Morgan fingerprint density at radius 3 is 2.68 bits per heavy atom. The van der Waals surface area contributed by atoms with Crippen molar-refractivity contribution in [1.82, 2.24) is 20.2 Å². The van der Waals surface area contributed by atoms with Crippen LogP contribution in [0.1, 0.15) is 19.7 Å². The van der Waals surface area contributed by atoms with Gasteiger partial charge in [0, 0.05) is 48.0 Å². The maximum atomic E-state index is 12.0. The van der Waals surface area contributed by atoms with Gasteiger partial charge in [0.15, 0.2) is 0 Å². The van der Waals surface area contributed by atoms with E-state index in [0.29, 0.717) is 6.54 Å². The summed E-state index contributed by atoms with van der Waals surface area (Å²) in [6, 6.07) is 4.42. The zero-order valence-electron chi connectivity index (χ0n) is 16.4. The van der Waals surface area contributed by atoms with Crippen molar-refractivity contribution in [3.8, 4) is 10.4 Å². The predicted octanol–water partition coefficient (Wildman–Crippen LogP) is 3.37. The van der Waals surface area contributed by atoms with E-state index in [1.54, 1.807) is 22.7 Å². The van der Waals surface area contributed by atoms with Gasteiger partial charge < -0.3 is 10.2 Å². The molecule has 6 nitrogen and oxygen atoms in total. The number of anilines is 1. The molecular formula is C20H25N5OS2. The zero-order valence-corrected chi connectivity index (χ0v) is 18.1. The number of carbonyl (C=O) groups excluding carboxylic acids is 1. The molecule has 0 aromatic carbocycles. The predicted molar refractivity (Wildman–Crippen MR) is 117 cm³/mol. The highest BCUT2D eigenvalue weighted by Crippen LogP contribution is 2.40. The Kier molecular flexibility index (Phi) is 5.61. The third kappa shape index (κ3) is 4.04. The van der Waals surface area contributed by atoms with Gasteiger partial charge >= 0.3 is 0 Å². The fourth-order valence-corrected chi connectivity index (χ4v) is 5.36. The third-order valence-electron chi connectivity index (χ3n) is 4.80. The molecule has 28 heavy (non-hydrogen) atoms. The lowest BCUT2D eigenvalue weighted by Gasteiger charge is -2.35. The second-order valence-corrected chi connectivity index (χ2v) is 9.19. The van der Waals surface area contributed by atoms with E-state index in [9.17, 15) is 4.79 Å². The molecule has 3 aromatic heterocycles. The first-order valence-corrected chi connectivity index (χ1v) is 11.3. The largest absolute Gasteiger partial charge is 0.353 e. The Balaban J connectivity index is 1.55. The highest BCUT2D eigenvalue weighted by Gasteiger charge is 2.24. The first-order chi connectivity index (χ1) is 13.5. The van der Waals surface area contributed by atoms with Crippen molar-refractivity contribution in [1.29, 1.82) is 0 Å². The van der Waals surface area contributed by atoms with Gasteiger partial charge in [-0.05, 0) is 32.2 Å². The molecular weight excluding hydrogens is 390 g/mol. The molecule has 0 spiro atoms. The Bertz CT molecular complexity index is 959. The molecule has 0 aliphatic carbocycles. The van der Waals surface area contributed by atoms with E-state index in [2.05, 4.69) is 43.0 Å². The maximum Gasteiger partial charge on any atom is 0.234 e. The van der Waals surface area contributed by atoms with Crippen molar-refractivity contribution in [2.75, 3.05) is 37.6 Å². The van der Waals surface area contributed by atoms with Crippen LogP contribution in [0.15, 0.2) is 22.9 Å². The van der Waals surface area contributed by atoms with Crippen LogP contribution in [0.2, 0.25) is 0 Å². The Labute approximate surface area is 173 Å². The van der Waals surface area contributed by atoms with Crippen molar-refractivity contribution >= 4 is 44.6 Å². The van der Waals surface area contributed by atoms with Gasteiger partial charge in [0.25, 0.3) is 0 Å². The van der Waals surface area contributed by atoms with Crippen molar-refractivity contribution in [3.63, 3.8) is 0 Å². The molecule has 1 aliphatic heterocycles. The number of fused-ring (bicyclic) bond motifs is 1. The minimum atomic E-state index is 0.0986. The Morgan fingerprint density at radius 1 is 1.21 bits per heavy atom. The lowest BCUT2D eigenvalue weighted by molar-refractivity contribution is -0.122. The average molecular weight is 416 g/mol. The molecule has 1 fully saturated rings. The summed E-state index contributed by atoms with van der Waals surface area (Å²) in [5, 5.41) is 8.43. The summed E-state index contributed by atoms with van der Waals surface area (Å²) in [7, 11) is 0. The van der Waals surface area contributed by atoms with Gasteiger partial charge in [0.2, 0.25) is 5.91 Å². The molecule has 0 atom stereocenters. The van der Waals surface area contributed by atoms with E-state index in [1.165, 1.54) is 10.4 Å². The highest BCUT2D eigenvalue weighted by molar-refractivity contribution is 7.18. The van der Waals surface area contributed by atoms with E-state index in [4.69, 9.17) is 4.98 Å². The van der Waals surface area contributed by atoms with Crippen molar-refractivity contribution < 1.29 is 4.79 Å². The molecule has 4 heterocycles. The molecule has 0 unspecified atom stereocenters. The van der Waals surface area contributed by atoms with Crippen molar-refractivity contribution in [3.05, 3.63) is 28.7 Å². The highest BCUT2D eigenvalue weighted by atomic mass is 32.1. The quantitative estimate of drug-likeness (QED) is 0.692. The molecule has 8 heteroatoms. The lowest BCUT2D eigenvalue weighted by atomic mass is 10.1. The fourth-order valence-electron chi connectivity index (χ4n) is 3.56. The van der Waals surface area contributed by atoms with Crippen LogP contribution >= 0.6 is 22.7 Å². The summed E-state index contributed by atoms with van der Waals surface area (Å²) in [6.07, 6.45) is 0. The van der Waals surface area contributed by atoms with Gasteiger partial charge in [-0.3, -0.25) is 9.69 Å². The minimum Gasteiger partial charge on any atom is -0.353 e. The van der Waals surface area contributed by atoms with Gasteiger partial charge in [-0.25, -0.2) is 9.97 Å². The van der Waals surface area contributed by atoms with Crippen LogP contribution in [0.4, 0.5) is 5.82 Å². The first kappa shape index (κ1) is 19.3. The second-order valence-electron chi connectivity index (χ2n) is 7.39. The van der Waals surface area contributed by atoms with Crippen LogP contribution < -0.4 is 10.2 Å². The van der Waals surface area contributed by atoms with E-state index in [-0.39, 0.29) is 11.9 Å². The van der Waals surface area contributed by atoms with Crippen molar-refractivity contribution in [2.45, 2.75) is 26.8 Å². The van der Waals surface area contributed by atoms with Crippen LogP contribution in [0.5, 0.6) is 0 Å². The molecule has 0 saturated carbocycles. The van der Waals surface area contributed by atoms with Crippen LogP contribution in [0.3, 0.4) is 0 Å². The lowest BCUT2D eigenvalue weighted by Crippen LogP contribution is -2.50. The third-order valence-corrected chi connectivity index (χ3v) is 6.58. The average Bonchev–Trinajstić information content (AvgIpc) is 3.30. The van der Waals surface area contributed by atoms with E-state index < -0.39 is 0 Å². The molecule has 0 bridgehead atoms. The number of nitrogens with one attached hydrogen (secondary N) is 1. The number of carbonyl (C=O) groups is 1. The molecule has 1 N–H and O–H groups in total. The summed E-state index contributed by atoms with van der Waals surface area (Å²) >= 11 is 3.43. The Morgan fingerprint density at radius 2 is 2.00 bits per heavy atom. The smallest absolute Gasteiger partial charge is 0.234 e. The number of hydrogen-bond acceptors (Lipinski definition) is 7. The van der Waals surface area contributed by atoms with Crippen molar-refractivity contribution in [2.24, 2.45) is 0 Å². The van der Waals surface area contributed by atoms with Gasteiger partial charge in [-0.15, -0.1) is 22.7 Å². The first-order valence-electron chi connectivity index (χ1n) is 9.57. The number of piperazine rings is 1. The van der Waals surface area contributed by atoms with Gasteiger partial charge in [0.1, 0.15) is 16.5 Å². The van der Waals surface area contributed by atoms with Crippen LogP contribution in [-0.4, -0.2) is 59.5 Å². The number of rotatable bonds is 5. The molecule has 1 aliphatic rings. The normalized spacial score (nSPS) is 15.5. The summed E-state index contributed by atoms with van der Waals surface area (Å²) < 4.78 is 0. The number of aryl methyl sites for hydroxylation is 1. The molecule has 148 valence electrons. The standard InChI is InChI=1S/C20H25N5OS2/c1-13(2)21-17(26)11-24-6-8-25(9-7-24)19-18-15(16-5-4-10-27-16)12-28-20(18)23-14(3)22-19/h4-5,10,12-13H,6-9,11H2,1-3H3,(H,21,26). The Hall–Kier alpha value is -2.03. The summed E-state index contributed by atoms with van der Waals surface area (Å²) in [6.45, 7) is 9.84. The van der Waals surface area contributed by atoms with E-state index >= 15 is 0 Å². The molecule has 3 aromatic rings. The number of hydrogen-bond donors (Lipinski definition) is 1. The van der Waals surface area contributed by atoms with E-state index in [1.807, 2.05) is 20.8 Å². The topological polar surface area (TPSA) is 61.4 Å². The van der Waals surface area contributed by atoms with Gasteiger partial charge in [0.05, 0.1) is 11.9 Å². The van der Waals surface area contributed by atoms with Crippen LogP contribution in [0.25, 0.3) is 20.7 Å². The molecule has 0 radical (unpaired) electrons. The summed E-state index contributed by atoms with van der Waals surface area (Å²) in [5.74, 6) is 1.93. The molecule has 1 saturated heterocycles. The number of thiophene rings is 2. The summed E-state index contributed by atoms with van der Waals surface area (Å²) in [4.78, 5) is 28.4. The number of aromatic nitrogens is 2. The van der Waals surface area contributed by atoms with Gasteiger partial charge in [-0.2, -0.15) is 0 Å². The fraction of sp³-hybridized carbons (Fsp3) is 0.450. The van der Waals surface area contributed by atoms with Crippen LogP contribution in [-0.2, 0) is 4.79 Å². The SMILES string of the molecule is Cc1nc(N2CCN(CC(=O)NC(C)C)CC2)c2c(-c3cccs3)csc2n1. The number of amides is 1. The van der Waals surface area contributed by atoms with E-state index in [0.717, 1.165) is 48.0 Å². The van der Waals surface area contributed by atoms with Crippen LogP contribution in [0, 0.1) is 6.92 Å². The van der Waals surface area contributed by atoms with Gasteiger partial charge in [-0.1, -0.05) is 6.07 Å². The molecule has 1 amide bonds. The monoisotopic (exact) mass is 415 g/mol. The molecule has 4 rings (SSSR count). The maximum absolute atomic E-state index is 12.0. The minimum absolute atomic E-state index is 0.0986. The second kappa shape index (κ2) is 8.14. The zero-order chi connectivity index (χ0) is 19.7. The summed E-state index contributed by atoms with van der Waals surface area (Å²) in [5.41, 5.74) is 1.23. The number of nitrogens with zero attached hydrogens (tertiary/aromatic N) is 4.